The number of nitrogens with one attached hydrogen (secondary N) is 1. The van der Waals surface area contributed by atoms with E-state index < -0.39 is 11.9 Å². The van der Waals surface area contributed by atoms with Crippen LogP contribution in [0.4, 0.5) is 4.39 Å². The van der Waals surface area contributed by atoms with Gasteiger partial charge < -0.3 is 10.2 Å². The van der Waals surface area contributed by atoms with Gasteiger partial charge in [-0.3, -0.25) is 9.59 Å². The first kappa shape index (κ1) is 23.2. The van der Waals surface area contributed by atoms with Crippen molar-refractivity contribution in [1.82, 2.24) is 10.2 Å². The number of hydrogen-bond donors (Lipinski definition) is 1. The first-order valence-corrected chi connectivity index (χ1v) is 10.7. The first-order valence-electron chi connectivity index (χ1n) is 10.7. The molecule has 3 rings (SSSR count). The van der Waals surface area contributed by atoms with Crippen LogP contribution in [0.5, 0.6) is 0 Å². The second kappa shape index (κ2) is 10.7. The van der Waals surface area contributed by atoms with Gasteiger partial charge in [-0.25, -0.2) is 4.39 Å². The summed E-state index contributed by atoms with van der Waals surface area (Å²) in [7, 11) is 1.55. The highest BCUT2D eigenvalue weighted by Crippen LogP contribution is 2.19. The summed E-state index contributed by atoms with van der Waals surface area (Å²) in [4.78, 5) is 28.0. The molecule has 0 fully saturated rings. The van der Waals surface area contributed by atoms with Crippen molar-refractivity contribution < 1.29 is 14.0 Å². The Kier molecular flexibility index (Phi) is 7.77. The summed E-state index contributed by atoms with van der Waals surface area (Å²) in [6.07, 6.45) is 0.484. The second-order valence-electron chi connectivity index (χ2n) is 8.04. The maximum absolute atomic E-state index is 14.5. The third-order valence-corrected chi connectivity index (χ3v) is 5.66. The summed E-state index contributed by atoms with van der Waals surface area (Å²) in [5, 5.41) is 2.68. The van der Waals surface area contributed by atoms with E-state index in [4.69, 9.17) is 0 Å². The number of amides is 2. The number of likely N-dealkylation sites (N-methyl/N-ethyl adjacent to an activating group) is 1. The van der Waals surface area contributed by atoms with Gasteiger partial charge in [-0.15, -0.1) is 0 Å². The quantitative estimate of drug-likeness (QED) is 0.575. The summed E-state index contributed by atoms with van der Waals surface area (Å²) in [5.41, 5.74) is 4.28. The molecule has 0 radical (unpaired) electrons. The molecule has 0 saturated carbocycles. The fraction of sp³-hybridized carbons (Fsp3) is 0.259. The molecule has 4 nitrogen and oxygen atoms in total. The van der Waals surface area contributed by atoms with E-state index in [9.17, 15) is 14.0 Å². The Balaban J connectivity index is 1.98. The van der Waals surface area contributed by atoms with Crippen LogP contribution in [0.3, 0.4) is 0 Å². The highest BCUT2D eigenvalue weighted by molar-refractivity contribution is 5.88. The molecule has 0 spiro atoms. The molecular formula is C27H29FN2O2. The zero-order chi connectivity index (χ0) is 23.1. The van der Waals surface area contributed by atoms with E-state index in [2.05, 4.69) is 5.32 Å². The van der Waals surface area contributed by atoms with Gasteiger partial charge in [-0.2, -0.15) is 0 Å². The minimum atomic E-state index is -0.764. The Hall–Kier alpha value is -3.47. The van der Waals surface area contributed by atoms with Crippen LogP contribution in [-0.2, 0) is 29.0 Å². The van der Waals surface area contributed by atoms with Crippen molar-refractivity contribution >= 4 is 11.8 Å². The van der Waals surface area contributed by atoms with Gasteiger partial charge >= 0.3 is 0 Å². The van der Waals surface area contributed by atoms with Gasteiger partial charge in [0, 0.05) is 25.6 Å². The van der Waals surface area contributed by atoms with Gasteiger partial charge in [0.15, 0.2) is 0 Å². The van der Waals surface area contributed by atoms with Crippen LogP contribution in [0.2, 0.25) is 0 Å². The lowest BCUT2D eigenvalue weighted by Crippen LogP contribution is -2.50. The monoisotopic (exact) mass is 432 g/mol. The van der Waals surface area contributed by atoms with E-state index in [0.717, 1.165) is 22.3 Å². The largest absolute Gasteiger partial charge is 0.357 e. The van der Waals surface area contributed by atoms with Crippen LogP contribution in [0.15, 0.2) is 72.8 Å². The van der Waals surface area contributed by atoms with Crippen molar-refractivity contribution in [3.05, 3.63) is 106 Å². The smallest absolute Gasteiger partial charge is 0.242 e. The van der Waals surface area contributed by atoms with Crippen LogP contribution < -0.4 is 5.32 Å². The highest BCUT2D eigenvalue weighted by atomic mass is 19.1. The van der Waals surface area contributed by atoms with Gasteiger partial charge in [0.05, 0.1) is 6.42 Å². The molecule has 0 aromatic heterocycles. The Morgan fingerprint density at radius 2 is 1.62 bits per heavy atom. The van der Waals surface area contributed by atoms with E-state index in [0.29, 0.717) is 12.0 Å². The maximum atomic E-state index is 14.5. The van der Waals surface area contributed by atoms with Crippen LogP contribution in [0.25, 0.3) is 0 Å². The minimum Gasteiger partial charge on any atom is -0.357 e. The van der Waals surface area contributed by atoms with Crippen LogP contribution in [-0.4, -0.2) is 29.8 Å². The molecule has 1 N–H and O–H groups in total. The molecule has 5 heteroatoms. The molecular weight excluding hydrogens is 403 g/mol. The standard InChI is InChI=1S/C27H29FN2O2/c1-19-13-14-20(2)23(15-19)17-26(31)30(18-22-11-7-8-12-24(22)28)25(27(32)29-3)16-21-9-5-4-6-10-21/h4-15,25H,16-18H2,1-3H3,(H,29,32)/t25-/m0/s1. The molecule has 0 heterocycles. The number of aryl methyl sites for hydroxylation is 2. The topological polar surface area (TPSA) is 49.4 Å². The fourth-order valence-corrected chi connectivity index (χ4v) is 3.79. The number of benzene rings is 3. The maximum Gasteiger partial charge on any atom is 0.242 e. The second-order valence-corrected chi connectivity index (χ2v) is 8.04. The molecule has 0 aliphatic heterocycles. The van der Waals surface area contributed by atoms with Gasteiger partial charge in [-0.1, -0.05) is 72.3 Å². The van der Waals surface area contributed by atoms with E-state index in [1.165, 1.54) is 11.0 Å². The van der Waals surface area contributed by atoms with Crippen molar-refractivity contribution in [3.8, 4) is 0 Å². The minimum absolute atomic E-state index is 0.0152. The summed E-state index contributed by atoms with van der Waals surface area (Å²) >= 11 is 0. The Morgan fingerprint density at radius 3 is 2.31 bits per heavy atom. The Morgan fingerprint density at radius 1 is 0.938 bits per heavy atom. The number of carbonyl (C=O) groups is 2. The van der Waals surface area contributed by atoms with E-state index in [-0.39, 0.29) is 24.8 Å². The summed E-state index contributed by atoms with van der Waals surface area (Å²) in [5.74, 6) is -0.890. The summed E-state index contributed by atoms with van der Waals surface area (Å²) in [6.45, 7) is 3.96. The molecule has 3 aromatic carbocycles. The third kappa shape index (κ3) is 5.82. The first-order chi connectivity index (χ1) is 15.4. The lowest BCUT2D eigenvalue weighted by atomic mass is 9.99. The number of halogens is 1. The lowest BCUT2D eigenvalue weighted by molar-refractivity contribution is -0.140. The SMILES string of the molecule is CNC(=O)[C@H](Cc1ccccc1)N(Cc1ccccc1F)C(=O)Cc1cc(C)ccc1C. The van der Waals surface area contributed by atoms with Crippen molar-refractivity contribution in [3.63, 3.8) is 0 Å². The van der Waals surface area contributed by atoms with Gasteiger partial charge in [-0.05, 0) is 36.6 Å². The van der Waals surface area contributed by atoms with E-state index >= 15 is 0 Å². The molecule has 0 bridgehead atoms. The normalized spacial score (nSPS) is 11.6. The molecule has 0 aliphatic carbocycles. The molecule has 32 heavy (non-hydrogen) atoms. The van der Waals surface area contributed by atoms with Crippen LogP contribution in [0.1, 0.15) is 27.8 Å². The molecule has 3 aromatic rings. The van der Waals surface area contributed by atoms with Crippen molar-refractivity contribution in [2.45, 2.75) is 39.3 Å². The summed E-state index contributed by atoms with van der Waals surface area (Å²) < 4.78 is 14.5. The lowest BCUT2D eigenvalue weighted by Gasteiger charge is -2.31. The molecule has 166 valence electrons. The van der Waals surface area contributed by atoms with Crippen molar-refractivity contribution in [1.29, 1.82) is 0 Å². The predicted octanol–water partition coefficient (Wildman–Crippen LogP) is 4.37. The number of hydrogen-bond acceptors (Lipinski definition) is 2. The number of rotatable bonds is 8. The molecule has 2 amide bonds. The van der Waals surface area contributed by atoms with Crippen LogP contribution in [0, 0.1) is 19.7 Å². The Labute approximate surface area is 189 Å². The van der Waals surface area contributed by atoms with E-state index in [1.54, 1.807) is 25.2 Å². The van der Waals surface area contributed by atoms with Gasteiger partial charge in [0.2, 0.25) is 11.8 Å². The molecule has 1 atom stereocenters. The van der Waals surface area contributed by atoms with Crippen molar-refractivity contribution in [2.24, 2.45) is 0 Å². The average Bonchev–Trinajstić information content (AvgIpc) is 2.79. The number of carbonyl (C=O) groups excluding carboxylic acids is 2. The fourth-order valence-electron chi connectivity index (χ4n) is 3.79. The van der Waals surface area contributed by atoms with Crippen LogP contribution >= 0.6 is 0 Å². The number of nitrogens with zero attached hydrogens (tertiary/aromatic N) is 1. The molecule has 0 aliphatic rings. The van der Waals surface area contributed by atoms with Crippen molar-refractivity contribution in [2.75, 3.05) is 7.05 Å². The Bertz CT molecular complexity index is 1080. The predicted molar refractivity (Wildman–Crippen MR) is 125 cm³/mol. The zero-order valence-corrected chi connectivity index (χ0v) is 18.8. The molecule has 0 saturated heterocycles. The third-order valence-electron chi connectivity index (χ3n) is 5.66. The summed E-state index contributed by atoms with van der Waals surface area (Å²) in [6, 6.07) is 21.1. The zero-order valence-electron chi connectivity index (χ0n) is 18.8. The van der Waals surface area contributed by atoms with Gasteiger partial charge in [0.25, 0.3) is 0 Å². The highest BCUT2D eigenvalue weighted by Gasteiger charge is 2.30. The van der Waals surface area contributed by atoms with E-state index in [1.807, 2.05) is 62.4 Å². The average molecular weight is 433 g/mol. The molecule has 0 unspecified atom stereocenters. The van der Waals surface area contributed by atoms with Gasteiger partial charge in [0.1, 0.15) is 11.9 Å².